The molecule has 0 fully saturated rings. The zero-order chi connectivity index (χ0) is 13.8. The average molecular weight is 323 g/mol. The van der Waals surface area contributed by atoms with Crippen molar-refractivity contribution in [3.05, 3.63) is 84.4 Å². The highest BCUT2D eigenvalue weighted by atomic mass is 79.9. The minimum absolute atomic E-state index is 0.883. The molecule has 0 atom stereocenters. The number of benzene rings is 3. The quantitative estimate of drug-likeness (QED) is 0.525. The molecule has 0 nitrogen and oxygen atoms in total. The summed E-state index contributed by atoms with van der Waals surface area (Å²) in [5.74, 6) is 0. The van der Waals surface area contributed by atoms with Crippen LogP contribution < -0.4 is 0 Å². The van der Waals surface area contributed by atoms with Crippen molar-refractivity contribution in [3.63, 3.8) is 0 Å². The summed E-state index contributed by atoms with van der Waals surface area (Å²) in [7, 11) is 0. The molecule has 0 bridgehead atoms. The van der Waals surface area contributed by atoms with Gasteiger partial charge < -0.3 is 0 Å². The summed E-state index contributed by atoms with van der Waals surface area (Å²) in [6.07, 6.45) is 0. The Morgan fingerprint density at radius 3 is 1.90 bits per heavy atom. The molecule has 0 amide bonds. The van der Waals surface area contributed by atoms with Gasteiger partial charge in [0.25, 0.3) is 0 Å². The fourth-order valence-electron chi connectivity index (χ4n) is 2.43. The third kappa shape index (κ3) is 2.68. The normalized spacial score (nSPS) is 10.4. The molecule has 0 saturated heterocycles. The standard InChI is InChI=1S/C19H15Br/c20-14-15-7-6-10-17(13-15)19-12-5-4-11-18(19)16-8-2-1-3-9-16/h1-13H,14H2. The second-order valence-electron chi connectivity index (χ2n) is 4.75. The molecule has 0 aliphatic rings. The summed E-state index contributed by atoms with van der Waals surface area (Å²) in [5, 5.41) is 0.883. The topological polar surface area (TPSA) is 0 Å². The van der Waals surface area contributed by atoms with Crippen LogP contribution in [0.4, 0.5) is 0 Å². The maximum atomic E-state index is 3.53. The Hall–Kier alpha value is -1.86. The highest BCUT2D eigenvalue weighted by Gasteiger charge is 2.06. The highest BCUT2D eigenvalue weighted by Crippen LogP contribution is 2.32. The van der Waals surface area contributed by atoms with Crippen LogP contribution in [0.3, 0.4) is 0 Å². The van der Waals surface area contributed by atoms with Crippen LogP contribution >= 0.6 is 15.9 Å². The molecule has 0 heterocycles. The minimum atomic E-state index is 0.883. The second kappa shape index (κ2) is 6.06. The first kappa shape index (κ1) is 13.1. The molecule has 3 aromatic rings. The Balaban J connectivity index is 2.15. The van der Waals surface area contributed by atoms with Crippen molar-refractivity contribution in [2.75, 3.05) is 0 Å². The molecule has 3 aromatic carbocycles. The van der Waals surface area contributed by atoms with Crippen LogP contribution in [-0.4, -0.2) is 0 Å². The largest absolute Gasteiger partial charge is 0.0876 e. The van der Waals surface area contributed by atoms with Crippen LogP contribution in [0.15, 0.2) is 78.9 Å². The number of halogens is 1. The Kier molecular flexibility index (Phi) is 3.98. The molecule has 0 unspecified atom stereocenters. The van der Waals surface area contributed by atoms with E-state index in [0.29, 0.717) is 0 Å². The zero-order valence-corrected chi connectivity index (χ0v) is 12.7. The highest BCUT2D eigenvalue weighted by molar-refractivity contribution is 9.08. The van der Waals surface area contributed by atoms with Crippen LogP contribution in [0.5, 0.6) is 0 Å². The lowest BCUT2D eigenvalue weighted by molar-refractivity contribution is 1.43. The first-order valence-corrected chi connectivity index (χ1v) is 7.80. The van der Waals surface area contributed by atoms with E-state index in [-0.39, 0.29) is 0 Å². The van der Waals surface area contributed by atoms with Crippen molar-refractivity contribution in [1.29, 1.82) is 0 Å². The van der Waals surface area contributed by atoms with E-state index in [4.69, 9.17) is 0 Å². The lowest BCUT2D eigenvalue weighted by atomic mass is 9.94. The van der Waals surface area contributed by atoms with Gasteiger partial charge in [-0.3, -0.25) is 0 Å². The number of hydrogen-bond acceptors (Lipinski definition) is 0. The lowest BCUT2D eigenvalue weighted by Crippen LogP contribution is -1.86. The Morgan fingerprint density at radius 1 is 0.600 bits per heavy atom. The molecule has 1 heteroatoms. The lowest BCUT2D eigenvalue weighted by Gasteiger charge is -2.11. The van der Waals surface area contributed by atoms with Crippen molar-refractivity contribution < 1.29 is 0 Å². The van der Waals surface area contributed by atoms with E-state index >= 15 is 0 Å². The molecule has 20 heavy (non-hydrogen) atoms. The molecule has 0 aliphatic carbocycles. The second-order valence-corrected chi connectivity index (χ2v) is 5.31. The van der Waals surface area contributed by atoms with Gasteiger partial charge in [-0.25, -0.2) is 0 Å². The van der Waals surface area contributed by atoms with Crippen molar-refractivity contribution in [2.45, 2.75) is 5.33 Å². The number of rotatable bonds is 3. The molecular weight excluding hydrogens is 308 g/mol. The van der Waals surface area contributed by atoms with Crippen molar-refractivity contribution in [3.8, 4) is 22.3 Å². The smallest absolute Gasteiger partial charge is 0.0283 e. The molecule has 98 valence electrons. The predicted molar refractivity (Wildman–Crippen MR) is 89.9 cm³/mol. The summed E-state index contributed by atoms with van der Waals surface area (Å²) in [5.41, 5.74) is 6.38. The van der Waals surface area contributed by atoms with Crippen molar-refractivity contribution in [2.24, 2.45) is 0 Å². The van der Waals surface area contributed by atoms with Gasteiger partial charge in [-0.05, 0) is 27.8 Å². The van der Waals surface area contributed by atoms with Gasteiger partial charge in [-0.1, -0.05) is 94.8 Å². The summed E-state index contributed by atoms with van der Waals surface area (Å²) < 4.78 is 0. The van der Waals surface area contributed by atoms with Gasteiger partial charge in [0.05, 0.1) is 0 Å². The van der Waals surface area contributed by atoms with Crippen LogP contribution in [0.25, 0.3) is 22.3 Å². The van der Waals surface area contributed by atoms with Gasteiger partial charge in [0.15, 0.2) is 0 Å². The average Bonchev–Trinajstić information content (AvgIpc) is 2.56. The van der Waals surface area contributed by atoms with Gasteiger partial charge in [-0.2, -0.15) is 0 Å². The molecule has 0 radical (unpaired) electrons. The molecule has 0 saturated carbocycles. The number of hydrogen-bond donors (Lipinski definition) is 0. The van der Waals surface area contributed by atoms with E-state index < -0.39 is 0 Å². The summed E-state index contributed by atoms with van der Waals surface area (Å²) >= 11 is 3.53. The third-order valence-electron chi connectivity index (χ3n) is 3.40. The summed E-state index contributed by atoms with van der Waals surface area (Å²) in [4.78, 5) is 0. The van der Waals surface area contributed by atoms with E-state index in [0.717, 1.165) is 5.33 Å². The maximum absolute atomic E-state index is 3.53. The molecule has 0 N–H and O–H groups in total. The van der Waals surface area contributed by atoms with E-state index in [1.54, 1.807) is 0 Å². The van der Waals surface area contributed by atoms with E-state index in [1.807, 2.05) is 0 Å². The third-order valence-corrected chi connectivity index (χ3v) is 4.05. The molecule has 0 spiro atoms. The Bertz CT molecular complexity index is 702. The van der Waals surface area contributed by atoms with Crippen LogP contribution in [0, 0.1) is 0 Å². The summed E-state index contributed by atoms with van der Waals surface area (Å²) in [6.45, 7) is 0. The van der Waals surface area contributed by atoms with E-state index in [2.05, 4.69) is 94.8 Å². The van der Waals surface area contributed by atoms with Crippen molar-refractivity contribution >= 4 is 15.9 Å². The Labute approximate surface area is 128 Å². The first-order chi connectivity index (χ1) is 9.88. The maximum Gasteiger partial charge on any atom is 0.0283 e. The zero-order valence-electron chi connectivity index (χ0n) is 11.1. The van der Waals surface area contributed by atoms with Crippen LogP contribution in [-0.2, 0) is 5.33 Å². The van der Waals surface area contributed by atoms with Crippen LogP contribution in [0.2, 0.25) is 0 Å². The first-order valence-electron chi connectivity index (χ1n) is 6.68. The van der Waals surface area contributed by atoms with Gasteiger partial charge >= 0.3 is 0 Å². The van der Waals surface area contributed by atoms with E-state index in [9.17, 15) is 0 Å². The molecular formula is C19H15Br. The SMILES string of the molecule is BrCc1cccc(-c2ccccc2-c2ccccc2)c1. The monoisotopic (exact) mass is 322 g/mol. The van der Waals surface area contributed by atoms with Gasteiger partial charge in [0.1, 0.15) is 0 Å². The Morgan fingerprint density at radius 2 is 1.20 bits per heavy atom. The molecule has 3 rings (SSSR count). The predicted octanol–water partition coefficient (Wildman–Crippen LogP) is 5.92. The number of alkyl halides is 1. The summed E-state index contributed by atoms with van der Waals surface area (Å²) in [6, 6.07) is 27.8. The molecule has 0 aromatic heterocycles. The fraction of sp³-hybridized carbons (Fsp3) is 0.0526. The van der Waals surface area contributed by atoms with E-state index in [1.165, 1.54) is 27.8 Å². The minimum Gasteiger partial charge on any atom is -0.0876 e. The fourth-order valence-corrected chi connectivity index (χ4v) is 2.78. The molecule has 0 aliphatic heterocycles. The van der Waals surface area contributed by atoms with Gasteiger partial charge in [0, 0.05) is 5.33 Å². The van der Waals surface area contributed by atoms with Crippen molar-refractivity contribution in [1.82, 2.24) is 0 Å². The van der Waals surface area contributed by atoms with Gasteiger partial charge in [0.2, 0.25) is 0 Å². The van der Waals surface area contributed by atoms with Gasteiger partial charge in [-0.15, -0.1) is 0 Å². The van der Waals surface area contributed by atoms with Crippen LogP contribution in [0.1, 0.15) is 5.56 Å².